The quantitative estimate of drug-likeness (QED) is 0.384. The molecular formula is C22H32BrNO. The highest BCUT2D eigenvalue weighted by atomic mass is 79.9. The monoisotopic (exact) mass is 405 g/mol. The van der Waals surface area contributed by atoms with Gasteiger partial charge in [-0.25, -0.2) is 0 Å². The summed E-state index contributed by atoms with van der Waals surface area (Å²) in [5.41, 5.74) is 0.483. The first-order chi connectivity index (χ1) is 12.3. The third-order valence-electron chi connectivity index (χ3n) is 2.77. The molecule has 0 aliphatic carbocycles. The number of halogens is 1. The van der Waals surface area contributed by atoms with Crippen molar-refractivity contribution in [3.8, 4) is 0 Å². The first kappa shape index (κ1) is 25.5. The molecule has 0 spiro atoms. The van der Waals surface area contributed by atoms with E-state index < -0.39 is 0 Å². The average molecular weight is 406 g/mol. The van der Waals surface area contributed by atoms with Gasteiger partial charge in [0.05, 0.1) is 0 Å². The minimum absolute atomic E-state index is 0.0260. The summed E-state index contributed by atoms with van der Waals surface area (Å²) in [6.07, 6.45) is 1.65. The molecule has 0 saturated heterocycles. The lowest BCUT2D eigenvalue weighted by molar-refractivity contribution is 1.41. The Morgan fingerprint density at radius 3 is 1.84 bits per heavy atom. The van der Waals surface area contributed by atoms with Crippen molar-refractivity contribution in [2.45, 2.75) is 55.4 Å². The van der Waals surface area contributed by atoms with Crippen LogP contribution in [0.1, 0.15) is 55.4 Å². The Balaban J connectivity index is 0. The molecule has 138 valence electrons. The first-order valence-corrected chi connectivity index (χ1v) is 10.0. The summed E-state index contributed by atoms with van der Waals surface area (Å²) < 4.78 is 0.910. The molecule has 0 N–H and O–H groups in total. The smallest absolute Gasteiger partial charge is 0.212 e. The predicted molar refractivity (Wildman–Crippen MR) is 119 cm³/mol. The number of rotatable bonds is 0. The van der Waals surface area contributed by atoms with Crippen molar-refractivity contribution in [1.82, 2.24) is 4.98 Å². The standard InChI is InChI=1S/C14H8BrNO.4C2H6/c15-12-8-9-4-3-7-16-13(9)14(17)11-6-2-1-5-10(11)12;4*1-2/h1-8H;4*1-2H3. The maximum Gasteiger partial charge on any atom is 0.212 e. The summed E-state index contributed by atoms with van der Waals surface area (Å²) in [5.74, 6) is 0. The normalized spacial score (nSPS) is 8.36. The lowest BCUT2D eigenvalue weighted by Gasteiger charge is -1.91. The average Bonchev–Trinajstić information content (AvgIpc) is 2.83. The van der Waals surface area contributed by atoms with Crippen LogP contribution in [0.3, 0.4) is 0 Å². The number of hydrogen-bond acceptors (Lipinski definition) is 2. The third-order valence-corrected chi connectivity index (χ3v) is 3.42. The summed E-state index contributed by atoms with van der Waals surface area (Å²) in [5, 5.41) is 2.45. The van der Waals surface area contributed by atoms with Gasteiger partial charge in [-0.2, -0.15) is 0 Å². The molecule has 0 atom stereocenters. The first-order valence-electron chi connectivity index (χ1n) is 9.23. The van der Waals surface area contributed by atoms with Crippen LogP contribution in [-0.4, -0.2) is 4.98 Å². The van der Waals surface area contributed by atoms with E-state index in [1.54, 1.807) is 6.20 Å². The molecule has 0 unspecified atom stereocenters. The third kappa shape index (κ3) is 6.95. The molecule has 0 aliphatic rings. The topological polar surface area (TPSA) is 30.0 Å². The summed E-state index contributed by atoms with van der Waals surface area (Å²) >= 11 is 3.52. The maximum atomic E-state index is 12.4. The van der Waals surface area contributed by atoms with Gasteiger partial charge >= 0.3 is 0 Å². The lowest BCUT2D eigenvalue weighted by atomic mass is 10.2. The molecule has 0 radical (unpaired) electrons. The molecule has 25 heavy (non-hydrogen) atoms. The molecule has 1 aromatic heterocycles. The number of aromatic nitrogens is 1. The van der Waals surface area contributed by atoms with Crippen LogP contribution in [0.4, 0.5) is 0 Å². The Hall–Kier alpha value is -1.74. The maximum absolute atomic E-state index is 12.4. The van der Waals surface area contributed by atoms with Gasteiger partial charge in [0.2, 0.25) is 5.43 Å². The number of fused-ring (bicyclic) bond motifs is 2. The molecule has 1 heterocycles. The number of pyridine rings is 1. The van der Waals surface area contributed by atoms with Crippen LogP contribution in [-0.2, 0) is 0 Å². The fourth-order valence-corrected chi connectivity index (χ4v) is 2.55. The van der Waals surface area contributed by atoms with Gasteiger partial charge < -0.3 is 0 Å². The van der Waals surface area contributed by atoms with E-state index in [-0.39, 0.29) is 5.43 Å². The number of nitrogens with zero attached hydrogens (tertiary/aromatic N) is 1. The Kier molecular flexibility index (Phi) is 16.1. The Morgan fingerprint density at radius 2 is 1.28 bits per heavy atom. The Morgan fingerprint density at radius 1 is 0.760 bits per heavy atom. The minimum atomic E-state index is -0.0260. The second-order valence-corrected chi connectivity index (χ2v) is 4.66. The molecule has 0 bridgehead atoms. The van der Waals surface area contributed by atoms with E-state index in [2.05, 4.69) is 20.9 Å². The summed E-state index contributed by atoms with van der Waals surface area (Å²) in [6.45, 7) is 16.0. The zero-order valence-corrected chi connectivity index (χ0v) is 18.4. The molecule has 0 saturated carbocycles. The highest BCUT2D eigenvalue weighted by Gasteiger charge is 2.05. The van der Waals surface area contributed by atoms with E-state index in [0.29, 0.717) is 10.9 Å². The van der Waals surface area contributed by atoms with Crippen molar-refractivity contribution in [1.29, 1.82) is 0 Å². The van der Waals surface area contributed by atoms with Crippen LogP contribution in [0.15, 0.2) is 57.9 Å². The second-order valence-electron chi connectivity index (χ2n) is 3.81. The highest BCUT2D eigenvalue weighted by molar-refractivity contribution is 9.10. The summed E-state index contributed by atoms with van der Waals surface area (Å²) in [4.78, 5) is 16.5. The molecule has 0 amide bonds. The van der Waals surface area contributed by atoms with E-state index in [1.165, 1.54) is 0 Å². The van der Waals surface area contributed by atoms with Crippen molar-refractivity contribution in [3.63, 3.8) is 0 Å². The second kappa shape index (κ2) is 15.8. The Bertz CT molecular complexity index is 785. The number of hydrogen-bond donors (Lipinski definition) is 0. The largest absolute Gasteiger partial charge is 0.287 e. The minimum Gasteiger partial charge on any atom is -0.287 e. The van der Waals surface area contributed by atoms with Gasteiger partial charge in [0, 0.05) is 21.4 Å². The van der Waals surface area contributed by atoms with E-state index in [9.17, 15) is 4.79 Å². The zero-order chi connectivity index (χ0) is 19.8. The van der Waals surface area contributed by atoms with Gasteiger partial charge in [-0.3, -0.25) is 9.78 Å². The van der Waals surface area contributed by atoms with Crippen molar-refractivity contribution in [3.05, 3.63) is 63.4 Å². The van der Waals surface area contributed by atoms with E-state index in [1.807, 2.05) is 97.9 Å². The van der Waals surface area contributed by atoms with Gasteiger partial charge in [0.15, 0.2) is 0 Å². The van der Waals surface area contributed by atoms with E-state index in [4.69, 9.17) is 0 Å². The zero-order valence-electron chi connectivity index (χ0n) is 16.9. The fourth-order valence-electron chi connectivity index (χ4n) is 1.96. The molecule has 2 nitrogen and oxygen atoms in total. The molecule has 3 heteroatoms. The van der Waals surface area contributed by atoms with Crippen LogP contribution in [0.25, 0.3) is 21.7 Å². The Labute approximate surface area is 161 Å². The van der Waals surface area contributed by atoms with Gasteiger partial charge in [0.25, 0.3) is 0 Å². The van der Waals surface area contributed by atoms with Crippen molar-refractivity contribution < 1.29 is 0 Å². The molecule has 0 fully saturated rings. The van der Waals surface area contributed by atoms with Crippen molar-refractivity contribution in [2.75, 3.05) is 0 Å². The summed E-state index contributed by atoms with van der Waals surface area (Å²) in [7, 11) is 0. The molecule has 3 rings (SSSR count). The fraction of sp³-hybridized carbons (Fsp3) is 0.364. The SMILES string of the molecule is CC.CC.CC.CC.O=c1c2ccccc2c(Br)cc2cccnc12. The van der Waals surface area contributed by atoms with E-state index in [0.717, 1.165) is 15.2 Å². The van der Waals surface area contributed by atoms with Gasteiger partial charge in [-0.15, -0.1) is 0 Å². The van der Waals surface area contributed by atoms with Crippen molar-refractivity contribution in [2.24, 2.45) is 0 Å². The highest BCUT2D eigenvalue weighted by Crippen LogP contribution is 2.23. The van der Waals surface area contributed by atoms with Crippen molar-refractivity contribution >= 4 is 37.6 Å². The molecular weight excluding hydrogens is 374 g/mol. The number of benzene rings is 1. The van der Waals surface area contributed by atoms with Gasteiger partial charge in [-0.1, -0.05) is 102 Å². The molecule has 2 aromatic carbocycles. The molecule has 0 aliphatic heterocycles. The van der Waals surface area contributed by atoms with Crippen LogP contribution >= 0.6 is 15.9 Å². The predicted octanol–water partition coefficient (Wildman–Crippen LogP) is 7.62. The van der Waals surface area contributed by atoms with Gasteiger partial charge in [-0.05, 0) is 17.5 Å². The van der Waals surface area contributed by atoms with E-state index >= 15 is 0 Å². The van der Waals surface area contributed by atoms with Crippen LogP contribution in [0.5, 0.6) is 0 Å². The lowest BCUT2D eigenvalue weighted by Crippen LogP contribution is -1.99. The van der Waals surface area contributed by atoms with Crippen LogP contribution in [0.2, 0.25) is 0 Å². The van der Waals surface area contributed by atoms with Crippen LogP contribution < -0.4 is 5.43 Å². The molecule has 3 aromatic rings. The van der Waals surface area contributed by atoms with Crippen LogP contribution in [0, 0.1) is 0 Å². The summed E-state index contributed by atoms with van der Waals surface area (Å²) in [6, 6.07) is 13.2. The van der Waals surface area contributed by atoms with Gasteiger partial charge in [0.1, 0.15) is 5.52 Å².